The number of hydrogen-bond acceptors (Lipinski definition) is 10. The molecule has 4 fully saturated rings. The number of morpholine rings is 1. The van der Waals surface area contributed by atoms with E-state index in [4.69, 9.17) is 33.2 Å². The fourth-order valence-electron chi connectivity index (χ4n) is 4.51. The van der Waals surface area contributed by atoms with Gasteiger partial charge in [0.15, 0.2) is 0 Å². The Labute approximate surface area is 279 Å². The van der Waals surface area contributed by atoms with Crippen molar-refractivity contribution in [3.05, 3.63) is 0 Å². The van der Waals surface area contributed by atoms with Crippen molar-refractivity contribution in [2.75, 3.05) is 142 Å². The predicted octanol–water partition coefficient (Wildman–Crippen LogP) is 4.94. The van der Waals surface area contributed by atoms with Gasteiger partial charge in [0.25, 0.3) is 0 Å². The summed E-state index contributed by atoms with van der Waals surface area (Å²) >= 11 is 0. The van der Waals surface area contributed by atoms with E-state index in [2.05, 4.69) is 42.5 Å². The zero-order chi connectivity index (χ0) is 34.0. The van der Waals surface area contributed by atoms with E-state index in [1.165, 1.54) is 58.0 Å². The predicted molar refractivity (Wildman–Crippen MR) is 188 cm³/mol. The van der Waals surface area contributed by atoms with Gasteiger partial charge in [-0.15, -0.1) is 0 Å². The van der Waals surface area contributed by atoms with Crippen LogP contribution >= 0.6 is 0 Å². The van der Waals surface area contributed by atoms with E-state index in [1.807, 2.05) is 0 Å². The number of likely N-dealkylation sites (N-methyl/N-ethyl adjacent to an activating group) is 1. The first-order valence-electron chi connectivity index (χ1n) is 17.5. The van der Waals surface area contributed by atoms with Crippen molar-refractivity contribution in [3.63, 3.8) is 0 Å². The van der Waals surface area contributed by atoms with Gasteiger partial charge in [0, 0.05) is 95.1 Å². The molecule has 3 aliphatic heterocycles. The summed E-state index contributed by atoms with van der Waals surface area (Å²) in [5.41, 5.74) is 0. The lowest BCUT2D eigenvalue weighted by Gasteiger charge is -2.34. The van der Waals surface area contributed by atoms with Gasteiger partial charge < -0.3 is 43.0 Å². The third kappa shape index (κ3) is 33.3. The lowest BCUT2D eigenvalue weighted by molar-refractivity contribution is -0.0155. The highest BCUT2D eigenvalue weighted by Crippen LogP contribution is 2.20. The SMILES string of the molecule is CCCOC.COC1CCC1.COC1CN(C)C1.COCCCC(C)C.COCCN1CCCC1.COCCN1CCOCC1. The van der Waals surface area contributed by atoms with Crippen molar-refractivity contribution in [2.45, 2.75) is 84.3 Å². The summed E-state index contributed by atoms with van der Waals surface area (Å²) in [4.78, 5) is 7.03. The maximum atomic E-state index is 5.20. The molecule has 1 aliphatic carbocycles. The molecular formula is C35H77N3O7. The fourth-order valence-corrected chi connectivity index (χ4v) is 4.51. The van der Waals surface area contributed by atoms with E-state index in [1.54, 1.807) is 42.7 Å². The molecular weight excluding hydrogens is 574 g/mol. The number of methoxy groups -OCH3 is 6. The van der Waals surface area contributed by atoms with Gasteiger partial charge in [-0.05, 0) is 77.4 Å². The van der Waals surface area contributed by atoms with Gasteiger partial charge in [-0.25, -0.2) is 0 Å². The number of nitrogens with zero attached hydrogens (tertiary/aromatic N) is 3. The van der Waals surface area contributed by atoms with E-state index < -0.39 is 0 Å². The molecule has 3 saturated heterocycles. The van der Waals surface area contributed by atoms with Gasteiger partial charge in [0.1, 0.15) is 0 Å². The highest BCUT2D eigenvalue weighted by Gasteiger charge is 2.21. The van der Waals surface area contributed by atoms with Gasteiger partial charge in [0.2, 0.25) is 0 Å². The Balaban J connectivity index is 0. The summed E-state index contributed by atoms with van der Waals surface area (Å²) in [5.74, 6) is 0.824. The Morgan fingerprint density at radius 1 is 0.644 bits per heavy atom. The molecule has 0 bridgehead atoms. The smallest absolute Gasteiger partial charge is 0.0824 e. The Hall–Kier alpha value is -0.400. The molecule has 4 rings (SSSR count). The van der Waals surface area contributed by atoms with Crippen LogP contribution in [-0.4, -0.2) is 169 Å². The zero-order valence-corrected chi connectivity index (χ0v) is 31.5. The number of hydrogen-bond donors (Lipinski definition) is 0. The molecule has 1 saturated carbocycles. The largest absolute Gasteiger partial charge is 0.385 e. The number of ether oxygens (including phenoxy) is 7. The molecule has 3 heterocycles. The van der Waals surface area contributed by atoms with Gasteiger partial charge in [-0.1, -0.05) is 20.8 Å². The Kier molecular flexibility index (Phi) is 37.8. The minimum atomic E-state index is 0.519. The zero-order valence-electron chi connectivity index (χ0n) is 31.5. The van der Waals surface area contributed by atoms with Gasteiger partial charge in [-0.3, -0.25) is 4.90 Å². The highest BCUT2D eigenvalue weighted by molar-refractivity contribution is 4.76. The molecule has 10 nitrogen and oxygen atoms in total. The second kappa shape index (κ2) is 36.4. The normalized spacial score (nSPS) is 18.7. The van der Waals surface area contributed by atoms with Crippen LogP contribution in [0.4, 0.5) is 0 Å². The number of rotatable bonds is 14. The Morgan fingerprint density at radius 3 is 1.42 bits per heavy atom. The second-order valence-corrected chi connectivity index (χ2v) is 12.4. The minimum Gasteiger partial charge on any atom is -0.385 e. The molecule has 0 unspecified atom stereocenters. The van der Waals surface area contributed by atoms with Crippen LogP contribution in [0.2, 0.25) is 0 Å². The van der Waals surface area contributed by atoms with Gasteiger partial charge >= 0.3 is 0 Å². The Bertz CT molecular complexity index is 537. The molecule has 0 aromatic carbocycles. The standard InChI is InChI=1S/C7H15NO2.C7H15NO.C7H16O.C5H11NO.C5H10O.C4H10O/c1-9-5-2-8-3-6-10-7-4-8;1-9-7-6-8-4-2-3-5-8;1-7(2)5-4-6-8-3;1-6-3-5(4-6)7-2;1-6-5-3-2-4-5;1-3-4-5-2/h2-7H2,1H3;2-7H2,1H3;7H,4-6H2,1-3H3;5H,3-4H2,1-2H3;5H,2-4H2,1H3;3-4H2,1-2H3. The monoisotopic (exact) mass is 652 g/mol. The first-order chi connectivity index (χ1) is 21.8. The highest BCUT2D eigenvalue weighted by atomic mass is 16.5. The van der Waals surface area contributed by atoms with Crippen LogP contribution in [0, 0.1) is 5.92 Å². The quantitative estimate of drug-likeness (QED) is 0.241. The molecule has 0 atom stereocenters. The van der Waals surface area contributed by atoms with Gasteiger partial charge in [0.05, 0.1) is 38.6 Å². The summed E-state index contributed by atoms with van der Waals surface area (Å²) in [6.45, 7) is 20.9. The van der Waals surface area contributed by atoms with Crippen molar-refractivity contribution in [1.29, 1.82) is 0 Å². The molecule has 0 spiro atoms. The van der Waals surface area contributed by atoms with E-state index in [-0.39, 0.29) is 0 Å². The molecule has 4 aliphatic rings. The fraction of sp³-hybridized carbons (Fsp3) is 1.00. The van der Waals surface area contributed by atoms with Crippen LogP contribution < -0.4 is 0 Å². The maximum Gasteiger partial charge on any atom is 0.0824 e. The molecule has 0 amide bonds. The van der Waals surface area contributed by atoms with Crippen LogP contribution in [0.25, 0.3) is 0 Å². The second-order valence-electron chi connectivity index (χ2n) is 12.4. The van der Waals surface area contributed by atoms with Crippen LogP contribution in [0.1, 0.15) is 72.1 Å². The average molecular weight is 652 g/mol. The summed E-state index contributed by atoms with van der Waals surface area (Å²) in [7, 11) is 12.6. The third-order valence-electron chi connectivity index (χ3n) is 7.81. The first-order valence-corrected chi connectivity index (χ1v) is 17.5. The van der Waals surface area contributed by atoms with Crippen LogP contribution in [0.5, 0.6) is 0 Å². The molecule has 0 N–H and O–H groups in total. The first kappa shape index (κ1) is 46.7. The van der Waals surface area contributed by atoms with E-state index in [0.717, 1.165) is 91.2 Å². The molecule has 10 heteroatoms. The van der Waals surface area contributed by atoms with E-state index >= 15 is 0 Å². The van der Waals surface area contributed by atoms with E-state index in [0.29, 0.717) is 12.2 Å². The van der Waals surface area contributed by atoms with Gasteiger partial charge in [-0.2, -0.15) is 0 Å². The lowest BCUT2D eigenvalue weighted by atomic mass is 9.96. The summed E-state index contributed by atoms with van der Waals surface area (Å²) in [6.07, 6.45) is 11.5. The van der Waals surface area contributed by atoms with E-state index in [9.17, 15) is 0 Å². The molecule has 0 aromatic rings. The molecule has 0 aromatic heterocycles. The maximum absolute atomic E-state index is 5.20. The van der Waals surface area contributed by atoms with Crippen molar-refractivity contribution in [1.82, 2.24) is 14.7 Å². The Morgan fingerprint density at radius 2 is 1.13 bits per heavy atom. The minimum absolute atomic E-state index is 0.519. The summed E-state index contributed by atoms with van der Waals surface area (Å²) in [5, 5.41) is 0. The molecule has 45 heavy (non-hydrogen) atoms. The van der Waals surface area contributed by atoms with Crippen LogP contribution in [0.15, 0.2) is 0 Å². The summed E-state index contributed by atoms with van der Waals surface area (Å²) in [6, 6.07) is 0. The molecule has 274 valence electrons. The molecule has 0 radical (unpaired) electrons. The van der Waals surface area contributed by atoms with Crippen molar-refractivity contribution in [2.24, 2.45) is 5.92 Å². The number of likely N-dealkylation sites (tertiary alicyclic amines) is 2. The lowest BCUT2D eigenvalue weighted by Crippen LogP contribution is -2.48. The summed E-state index contributed by atoms with van der Waals surface area (Å²) < 4.78 is 34.7. The van der Waals surface area contributed by atoms with Crippen LogP contribution in [0.3, 0.4) is 0 Å². The van der Waals surface area contributed by atoms with Crippen molar-refractivity contribution >= 4 is 0 Å². The van der Waals surface area contributed by atoms with Crippen molar-refractivity contribution < 1.29 is 33.2 Å². The third-order valence-corrected chi connectivity index (χ3v) is 7.81. The van der Waals surface area contributed by atoms with Crippen molar-refractivity contribution in [3.8, 4) is 0 Å². The topological polar surface area (TPSA) is 74.3 Å². The van der Waals surface area contributed by atoms with Crippen LogP contribution in [-0.2, 0) is 33.2 Å². The average Bonchev–Trinajstić information content (AvgIpc) is 3.53.